The molecule has 3 atom stereocenters. The van der Waals surface area contributed by atoms with E-state index in [1.165, 1.54) is 70.9 Å². The third-order valence-corrected chi connectivity index (χ3v) is 9.47. The molecule has 1 saturated heterocycles. The summed E-state index contributed by atoms with van der Waals surface area (Å²) < 4.78 is 0. The SMILES string of the molecule is Nc1cc(N2CCN(CCO)CC2)nc(NCC2CCC(CNCCCNC3C[C@@H]4CCC3C4)CC2)n1. The largest absolute Gasteiger partial charge is 0.395 e. The molecule has 4 fully saturated rings. The normalized spacial score (nSPS) is 30.2. The van der Waals surface area contributed by atoms with E-state index in [0.717, 1.165) is 75.4 Å². The number of hydrogen-bond donors (Lipinski definition) is 5. The molecule has 1 aromatic heterocycles. The highest BCUT2D eigenvalue weighted by atomic mass is 16.3. The fraction of sp³-hybridized carbons (Fsp3) is 0.857. The molecule has 9 nitrogen and oxygen atoms in total. The van der Waals surface area contributed by atoms with Crippen LogP contribution in [0.2, 0.25) is 0 Å². The van der Waals surface area contributed by atoms with Gasteiger partial charge in [0.1, 0.15) is 11.6 Å². The van der Waals surface area contributed by atoms with Gasteiger partial charge in [-0.3, -0.25) is 4.90 Å². The standard InChI is InChI=1S/C28H50N8O/c29-26-18-27(36-12-10-35(11-13-36)14-15-37)34-28(33-26)32-20-22-4-2-21(3-5-22)19-30-8-1-9-31-25-17-23-6-7-24(25)16-23/h18,21-25,30-31,37H,1-17,19-20H2,(H3,29,32,33,34)/t21?,22?,23-,24?,25?/m1/s1. The van der Waals surface area contributed by atoms with E-state index in [1.54, 1.807) is 0 Å². The first-order valence-electron chi connectivity index (χ1n) is 15.1. The Morgan fingerprint density at radius 2 is 1.70 bits per heavy atom. The van der Waals surface area contributed by atoms with Crippen LogP contribution in [0.25, 0.3) is 0 Å². The molecule has 0 spiro atoms. The van der Waals surface area contributed by atoms with E-state index in [9.17, 15) is 0 Å². The molecule has 3 saturated carbocycles. The van der Waals surface area contributed by atoms with Gasteiger partial charge in [0, 0.05) is 51.4 Å². The maximum Gasteiger partial charge on any atom is 0.226 e. The molecule has 0 amide bonds. The number of rotatable bonds is 13. The second-order valence-corrected chi connectivity index (χ2v) is 12.1. The van der Waals surface area contributed by atoms with E-state index in [-0.39, 0.29) is 6.61 Å². The zero-order valence-electron chi connectivity index (χ0n) is 22.7. The summed E-state index contributed by atoms with van der Waals surface area (Å²) in [5.41, 5.74) is 6.12. The first-order valence-corrected chi connectivity index (χ1v) is 15.1. The molecule has 2 unspecified atom stereocenters. The lowest BCUT2D eigenvalue weighted by Gasteiger charge is -2.35. The van der Waals surface area contributed by atoms with Crippen LogP contribution in [-0.4, -0.2) is 91.5 Å². The van der Waals surface area contributed by atoms with Crippen LogP contribution in [0, 0.1) is 23.7 Å². The molecule has 4 aliphatic rings. The van der Waals surface area contributed by atoms with Crippen molar-refractivity contribution in [3.63, 3.8) is 0 Å². The summed E-state index contributed by atoms with van der Waals surface area (Å²) in [6.07, 6.45) is 12.3. The Labute approximate surface area is 223 Å². The van der Waals surface area contributed by atoms with Crippen molar-refractivity contribution < 1.29 is 5.11 Å². The van der Waals surface area contributed by atoms with Gasteiger partial charge >= 0.3 is 0 Å². The average Bonchev–Trinajstić information content (AvgIpc) is 3.54. The summed E-state index contributed by atoms with van der Waals surface area (Å²) >= 11 is 0. The Balaban J connectivity index is 0.941. The van der Waals surface area contributed by atoms with Crippen LogP contribution >= 0.6 is 0 Å². The summed E-state index contributed by atoms with van der Waals surface area (Å²) in [4.78, 5) is 13.8. The summed E-state index contributed by atoms with van der Waals surface area (Å²) in [5.74, 6) is 5.58. The number of aliphatic hydroxyl groups excluding tert-OH is 1. The molecule has 6 N–H and O–H groups in total. The molecule has 1 aliphatic heterocycles. The number of piperazine rings is 1. The number of nitrogens with two attached hydrogens (primary N) is 1. The van der Waals surface area contributed by atoms with E-state index >= 15 is 0 Å². The zero-order valence-corrected chi connectivity index (χ0v) is 22.7. The Morgan fingerprint density at radius 1 is 0.919 bits per heavy atom. The maximum absolute atomic E-state index is 9.16. The lowest BCUT2D eigenvalue weighted by molar-refractivity contribution is 0.188. The fourth-order valence-electron chi connectivity index (χ4n) is 7.21. The van der Waals surface area contributed by atoms with E-state index in [1.807, 2.05) is 6.07 Å². The molecule has 0 radical (unpaired) electrons. The predicted octanol–water partition coefficient (Wildman–Crippen LogP) is 2.15. The van der Waals surface area contributed by atoms with Gasteiger partial charge in [-0.25, -0.2) is 0 Å². The van der Waals surface area contributed by atoms with Crippen molar-refractivity contribution in [2.24, 2.45) is 23.7 Å². The molecule has 2 heterocycles. The first-order chi connectivity index (χ1) is 18.2. The van der Waals surface area contributed by atoms with Crippen LogP contribution in [0.1, 0.15) is 57.8 Å². The van der Waals surface area contributed by atoms with Gasteiger partial charge < -0.3 is 31.7 Å². The smallest absolute Gasteiger partial charge is 0.226 e. The molecule has 9 heteroatoms. The Kier molecular flexibility index (Phi) is 9.75. The van der Waals surface area contributed by atoms with Gasteiger partial charge in [0.2, 0.25) is 5.95 Å². The highest BCUT2D eigenvalue weighted by Gasteiger charge is 2.38. The van der Waals surface area contributed by atoms with Crippen LogP contribution in [-0.2, 0) is 0 Å². The molecule has 208 valence electrons. The van der Waals surface area contributed by atoms with Gasteiger partial charge in [-0.1, -0.05) is 6.42 Å². The van der Waals surface area contributed by atoms with Gasteiger partial charge in [-0.15, -0.1) is 0 Å². The fourth-order valence-corrected chi connectivity index (χ4v) is 7.21. The number of nitrogens with one attached hydrogen (secondary N) is 3. The summed E-state index contributed by atoms with van der Waals surface area (Å²) in [5, 5.41) is 20.2. The molecule has 3 aliphatic carbocycles. The van der Waals surface area contributed by atoms with Crippen LogP contribution in [0.15, 0.2) is 6.07 Å². The third kappa shape index (κ3) is 7.68. The summed E-state index contributed by atoms with van der Waals surface area (Å²) in [6.45, 7) is 9.01. The number of β-amino-alcohol motifs (C(OH)–C–C–N with tert-alkyl or cyclic N) is 1. The molecule has 2 bridgehead atoms. The molecular weight excluding hydrogens is 464 g/mol. The zero-order chi connectivity index (χ0) is 25.5. The van der Waals surface area contributed by atoms with Crippen molar-refractivity contribution >= 4 is 17.6 Å². The highest BCUT2D eigenvalue weighted by molar-refractivity contribution is 5.51. The molecule has 5 rings (SSSR count). The topological polar surface area (TPSA) is 115 Å². The number of aromatic nitrogens is 2. The lowest BCUT2D eigenvalue weighted by atomic mass is 9.82. The average molecular weight is 515 g/mol. The van der Waals surface area contributed by atoms with E-state index in [0.29, 0.717) is 17.7 Å². The quantitative estimate of drug-likeness (QED) is 0.253. The number of hydrogen-bond acceptors (Lipinski definition) is 9. The number of nitrogens with zero attached hydrogens (tertiary/aromatic N) is 4. The second kappa shape index (κ2) is 13.4. The van der Waals surface area contributed by atoms with Crippen molar-refractivity contribution in [2.45, 2.75) is 63.8 Å². The van der Waals surface area contributed by atoms with E-state index in [4.69, 9.17) is 15.8 Å². The highest BCUT2D eigenvalue weighted by Crippen LogP contribution is 2.44. The lowest BCUT2D eigenvalue weighted by Crippen LogP contribution is -2.47. The van der Waals surface area contributed by atoms with Gasteiger partial charge in [-0.2, -0.15) is 9.97 Å². The number of nitrogen functional groups attached to an aromatic ring is 1. The Morgan fingerprint density at radius 3 is 2.41 bits per heavy atom. The number of aliphatic hydroxyl groups is 1. The van der Waals surface area contributed by atoms with Crippen LogP contribution < -0.4 is 26.6 Å². The van der Waals surface area contributed by atoms with Gasteiger partial charge in [0.05, 0.1) is 6.61 Å². The van der Waals surface area contributed by atoms with E-state index < -0.39 is 0 Å². The molecule has 0 aromatic carbocycles. The summed E-state index contributed by atoms with van der Waals surface area (Å²) in [6, 6.07) is 2.69. The Bertz CT molecular complexity index is 824. The minimum atomic E-state index is 0.214. The van der Waals surface area contributed by atoms with Crippen molar-refractivity contribution in [1.82, 2.24) is 25.5 Å². The molecule has 37 heavy (non-hydrogen) atoms. The Hall–Kier alpha value is -1.68. The van der Waals surface area contributed by atoms with Crippen molar-refractivity contribution in [2.75, 3.05) is 81.5 Å². The molecular formula is C28H50N8O. The monoisotopic (exact) mass is 514 g/mol. The minimum Gasteiger partial charge on any atom is -0.395 e. The van der Waals surface area contributed by atoms with Crippen LogP contribution in [0.5, 0.6) is 0 Å². The van der Waals surface area contributed by atoms with Crippen LogP contribution in [0.3, 0.4) is 0 Å². The van der Waals surface area contributed by atoms with Crippen molar-refractivity contribution in [3.8, 4) is 0 Å². The maximum atomic E-state index is 9.16. The first kappa shape index (κ1) is 26.9. The van der Waals surface area contributed by atoms with Gasteiger partial charge in [-0.05, 0) is 94.7 Å². The van der Waals surface area contributed by atoms with Gasteiger partial charge in [0.15, 0.2) is 0 Å². The number of anilines is 3. The summed E-state index contributed by atoms with van der Waals surface area (Å²) in [7, 11) is 0. The minimum absolute atomic E-state index is 0.214. The second-order valence-electron chi connectivity index (χ2n) is 12.1. The van der Waals surface area contributed by atoms with Crippen LogP contribution in [0.4, 0.5) is 17.6 Å². The van der Waals surface area contributed by atoms with Gasteiger partial charge in [0.25, 0.3) is 0 Å². The van der Waals surface area contributed by atoms with Crippen molar-refractivity contribution in [3.05, 3.63) is 6.07 Å². The van der Waals surface area contributed by atoms with E-state index in [2.05, 4.69) is 30.7 Å². The third-order valence-electron chi connectivity index (χ3n) is 9.47. The van der Waals surface area contributed by atoms with Crippen molar-refractivity contribution in [1.29, 1.82) is 0 Å². The predicted molar refractivity (Wildman–Crippen MR) is 151 cm³/mol. The molecule has 1 aromatic rings. The number of fused-ring (bicyclic) bond motifs is 2.